The van der Waals surface area contributed by atoms with Gasteiger partial charge in [0, 0.05) is 19.4 Å². The molecule has 0 radical (unpaired) electrons. The van der Waals surface area contributed by atoms with Gasteiger partial charge in [0.15, 0.2) is 11.5 Å². The molecule has 10 nitrogen and oxygen atoms in total. The third-order valence-electron chi connectivity index (χ3n) is 2.54. The van der Waals surface area contributed by atoms with Gasteiger partial charge in [0.25, 0.3) is 5.95 Å². The molecule has 0 fully saturated rings. The van der Waals surface area contributed by atoms with E-state index in [2.05, 4.69) is 40.3 Å². The van der Waals surface area contributed by atoms with Crippen molar-refractivity contribution in [3.8, 4) is 23.3 Å². The van der Waals surface area contributed by atoms with E-state index >= 15 is 0 Å². The highest BCUT2D eigenvalue weighted by Crippen LogP contribution is 2.22. The second-order valence-corrected chi connectivity index (χ2v) is 3.79. The van der Waals surface area contributed by atoms with Gasteiger partial charge < -0.3 is 10.1 Å². The van der Waals surface area contributed by atoms with Crippen LogP contribution >= 0.6 is 0 Å². The number of methoxy groups -OCH3 is 1. The molecular formula is C11H11N9O. The molecule has 0 unspecified atom stereocenters. The number of nitrogens with one attached hydrogen (secondary N) is 1. The smallest absolute Gasteiger partial charge is 0.257 e. The van der Waals surface area contributed by atoms with Crippen molar-refractivity contribution in [3.63, 3.8) is 0 Å². The maximum Gasteiger partial charge on any atom is 0.257 e. The van der Waals surface area contributed by atoms with Gasteiger partial charge in [-0.05, 0) is 0 Å². The molecule has 3 aromatic heterocycles. The molecule has 0 aromatic carbocycles. The van der Waals surface area contributed by atoms with Crippen LogP contribution in [0.15, 0.2) is 25.0 Å². The highest BCUT2D eigenvalue weighted by atomic mass is 16.5. The summed E-state index contributed by atoms with van der Waals surface area (Å²) < 4.78 is 6.60. The fraction of sp³-hybridized carbons (Fsp3) is 0.182. The van der Waals surface area contributed by atoms with E-state index in [9.17, 15) is 0 Å². The van der Waals surface area contributed by atoms with Gasteiger partial charge in [-0.1, -0.05) is 0 Å². The number of nitrogens with zero attached hydrogens (tertiary/aromatic N) is 8. The molecule has 0 saturated carbocycles. The summed E-state index contributed by atoms with van der Waals surface area (Å²) in [4.78, 5) is 24.9. The molecule has 10 heteroatoms. The Bertz CT molecular complexity index is 743. The molecule has 3 rings (SSSR count). The van der Waals surface area contributed by atoms with Crippen molar-refractivity contribution in [2.45, 2.75) is 0 Å². The van der Waals surface area contributed by atoms with Gasteiger partial charge in [0.05, 0.1) is 7.11 Å². The summed E-state index contributed by atoms with van der Waals surface area (Å²) in [6, 6.07) is 0. The molecule has 3 heterocycles. The van der Waals surface area contributed by atoms with Gasteiger partial charge in [-0.15, -0.1) is 0 Å². The van der Waals surface area contributed by atoms with Gasteiger partial charge in [0.2, 0.25) is 11.8 Å². The van der Waals surface area contributed by atoms with Crippen molar-refractivity contribution in [2.75, 3.05) is 19.5 Å². The van der Waals surface area contributed by atoms with Crippen molar-refractivity contribution < 1.29 is 4.74 Å². The zero-order valence-electron chi connectivity index (χ0n) is 11.3. The first-order chi connectivity index (χ1) is 10.3. The molecule has 0 spiro atoms. The molecule has 0 bridgehead atoms. The molecular weight excluding hydrogens is 274 g/mol. The minimum absolute atomic E-state index is 0.314. The van der Waals surface area contributed by atoms with E-state index < -0.39 is 0 Å². The molecule has 0 atom stereocenters. The first-order valence-electron chi connectivity index (χ1n) is 5.96. The van der Waals surface area contributed by atoms with E-state index in [0.29, 0.717) is 29.3 Å². The van der Waals surface area contributed by atoms with E-state index in [4.69, 9.17) is 4.74 Å². The molecule has 106 valence electrons. The summed E-state index contributed by atoms with van der Waals surface area (Å²) >= 11 is 0. The summed E-state index contributed by atoms with van der Waals surface area (Å²) in [6.07, 6.45) is 5.95. The molecule has 21 heavy (non-hydrogen) atoms. The number of anilines is 1. The van der Waals surface area contributed by atoms with Crippen LogP contribution < -0.4 is 10.1 Å². The van der Waals surface area contributed by atoms with Crippen LogP contribution in [0.25, 0.3) is 17.5 Å². The molecule has 0 aliphatic carbocycles. The molecule has 0 saturated heterocycles. The highest BCUT2D eigenvalue weighted by molar-refractivity contribution is 5.57. The van der Waals surface area contributed by atoms with Crippen LogP contribution in [-0.2, 0) is 0 Å². The van der Waals surface area contributed by atoms with E-state index in [-0.39, 0.29) is 0 Å². The van der Waals surface area contributed by atoms with Crippen molar-refractivity contribution in [1.82, 2.24) is 39.7 Å². The second-order valence-electron chi connectivity index (χ2n) is 3.79. The fourth-order valence-corrected chi connectivity index (χ4v) is 1.62. The normalized spacial score (nSPS) is 10.4. The third kappa shape index (κ3) is 2.45. The van der Waals surface area contributed by atoms with Crippen LogP contribution in [0.3, 0.4) is 0 Å². The lowest BCUT2D eigenvalue weighted by Crippen LogP contribution is -2.09. The van der Waals surface area contributed by atoms with E-state index in [1.165, 1.54) is 36.8 Å². The van der Waals surface area contributed by atoms with Crippen LogP contribution in [0.1, 0.15) is 0 Å². The van der Waals surface area contributed by atoms with Crippen LogP contribution in [-0.4, -0.2) is 53.8 Å². The van der Waals surface area contributed by atoms with Crippen LogP contribution in [0.5, 0.6) is 5.88 Å². The zero-order valence-corrected chi connectivity index (χ0v) is 11.3. The molecule has 0 amide bonds. The van der Waals surface area contributed by atoms with Crippen LogP contribution in [0.2, 0.25) is 0 Å². The van der Waals surface area contributed by atoms with E-state index in [1.54, 1.807) is 7.05 Å². The molecule has 0 aliphatic heterocycles. The Labute approximate surface area is 119 Å². The Morgan fingerprint density at radius 2 is 2.00 bits per heavy atom. The second kappa shape index (κ2) is 5.45. The lowest BCUT2D eigenvalue weighted by atomic mass is 10.4. The minimum Gasteiger partial charge on any atom is -0.479 e. The maximum atomic E-state index is 5.17. The summed E-state index contributed by atoms with van der Waals surface area (Å²) in [5, 5.41) is 6.86. The zero-order chi connectivity index (χ0) is 14.7. The highest BCUT2D eigenvalue weighted by Gasteiger charge is 2.15. The Morgan fingerprint density at radius 3 is 2.71 bits per heavy atom. The van der Waals surface area contributed by atoms with Crippen molar-refractivity contribution in [1.29, 1.82) is 0 Å². The number of aromatic nitrogens is 8. The fourth-order valence-electron chi connectivity index (χ4n) is 1.62. The number of hydrogen-bond donors (Lipinski definition) is 1. The van der Waals surface area contributed by atoms with Crippen molar-refractivity contribution >= 4 is 5.95 Å². The lowest BCUT2D eigenvalue weighted by molar-refractivity contribution is 0.397. The molecule has 0 aliphatic rings. The van der Waals surface area contributed by atoms with E-state index in [1.807, 2.05) is 0 Å². The average molecular weight is 285 g/mol. The number of ether oxygens (including phenoxy) is 1. The number of rotatable bonds is 4. The Morgan fingerprint density at radius 1 is 1.14 bits per heavy atom. The summed E-state index contributed by atoms with van der Waals surface area (Å²) in [5.74, 6) is 1.34. The minimum atomic E-state index is 0.314. The lowest BCUT2D eigenvalue weighted by Gasteiger charge is -2.07. The quantitative estimate of drug-likeness (QED) is 0.704. The summed E-state index contributed by atoms with van der Waals surface area (Å²) in [7, 11) is 3.21. The number of hydrogen-bond acceptors (Lipinski definition) is 9. The van der Waals surface area contributed by atoms with Crippen LogP contribution in [0, 0.1) is 0 Å². The van der Waals surface area contributed by atoms with Crippen molar-refractivity contribution in [3.05, 3.63) is 25.0 Å². The molecule has 3 aromatic rings. The SMILES string of the molecule is CNc1nc(-c2nccnc2OC)nc(-n2cncn2)n1. The predicted octanol–water partition coefficient (Wildman–Crippen LogP) is -0.0404. The van der Waals surface area contributed by atoms with Crippen molar-refractivity contribution in [2.24, 2.45) is 0 Å². The van der Waals surface area contributed by atoms with Gasteiger partial charge in [-0.2, -0.15) is 24.7 Å². The Kier molecular flexibility index (Phi) is 3.33. The average Bonchev–Trinajstić information content (AvgIpc) is 3.09. The van der Waals surface area contributed by atoms with E-state index in [0.717, 1.165) is 0 Å². The summed E-state index contributed by atoms with van der Waals surface area (Å²) in [5.41, 5.74) is 0.417. The Hall–Kier alpha value is -3.17. The van der Waals surface area contributed by atoms with Gasteiger partial charge in [-0.3, -0.25) is 0 Å². The van der Waals surface area contributed by atoms with Gasteiger partial charge >= 0.3 is 0 Å². The predicted molar refractivity (Wildman–Crippen MR) is 71.9 cm³/mol. The topological polar surface area (TPSA) is 116 Å². The maximum absolute atomic E-state index is 5.17. The van der Waals surface area contributed by atoms with Gasteiger partial charge in [-0.25, -0.2) is 15.0 Å². The monoisotopic (exact) mass is 285 g/mol. The first kappa shape index (κ1) is 12.8. The Balaban J connectivity index is 2.16. The third-order valence-corrected chi connectivity index (χ3v) is 2.54. The van der Waals surface area contributed by atoms with Crippen LogP contribution in [0.4, 0.5) is 5.95 Å². The summed E-state index contributed by atoms with van der Waals surface area (Å²) in [6.45, 7) is 0. The standard InChI is InChI=1S/C11H11N9O/c1-12-10-17-8(7-9(21-2)15-4-3-14-7)18-11(19-10)20-6-13-5-16-20/h3-6H,1-2H3,(H,12,17,18,19). The first-order valence-corrected chi connectivity index (χ1v) is 5.96. The molecule has 1 N–H and O–H groups in total. The largest absolute Gasteiger partial charge is 0.479 e. The van der Waals surface area contributed by atoms with Gasteiger partial charge in [0.1, 0.15) is 12.7 Å².